The molecule has 0 N–H and O–H groups in total. The Morgan fingerprint density at radius 3 is 2.33 bits per heavy atom. The molecule has 0 aromatic heterocycles. The largest absolute Gasteiger partial charge is 0.224 e. The first kappa shape index (κ1) is 15.2. The van der Waals surface area contributed by atoms with E-state index < -0.39 is 9.84 Å². The zero-order chi connectivity index (χ0) is 13.4. The summed E-state index contributed by atoms with van der Waals surface area (Å²) in [6, 6.07) is 7.18. The lowest BCUT2D eigenvalue weighted by atomic mass is 10.1. The predicted octanol–water partition coefficient (Wildman–Crippen LogP) is 4.13. The quantitative estimate of drug-likeness (QED) is 0.664. The van der Waals surface area contributed by atoms with E-state index >= 15 is 0 Å². The van der Waals surface area contributed by atoms with E-state index in [1.54, 1.807) is 12.1 Å². The molecule has 0 atom stereocenters. The van der Waals surface area contributed by atoms with Crippen LogP contribution < -0.4 is 0 Å². The van der Waals surface area contributed by atoms with E-state index in [4.69, 9.17) is 0 Å². The van der Waals surface area contributed by atoms with Crippen LogP contribution in [0, 0.1) is 6.92 Å². The van der Waals surface area contributed by atoms with E-state index in [9.17, 15) is 8.42 Å². The van der Waals surface area contributed by atoms with Crippen molar-refractivity contribution in [3.8, 4) is 0 Å². The minimum absolute atomic E-state index is 0.280. The fraction of sp³-hybridized carbons (Fsp3) is 0.600. The number of aryl methyl sites for hydroxylation is 1. The molecular formula is C15H24O2S. The van der Waals surface area contributed by atoms with E-state index in [1.807, 2.05) is 19.1 Å². The minimum Gasteiger partial charge on any atom is -0.224 e. The Balaban J connectivity index is 2.41. The Labute approximate surface area is 111 Å². The second kappa shape index (κ2) is 7.57. The zero-order valence-corrected chi connectivity index (χ0v) is 12.3. The normalized spacial score (nSPS) is 11.7. The van der Waals surface area contributed by atoms with Crippen molar-refractivity contribution >= 4 is 9.84 Å². The molecule has 102 valence electrons. The van der Waals surface area contributed by atoms with Crippen molar-refractivity contribution in [2.45, 2.75) is 57.3 Å². The van der Waals surface area contributed by atoms with Crippen LogP contribution in [0.3, 0.4) is 0 Å². The molecule has 1 aromatic rings. The van der Waals surface area contributed by atoms with E-state index in [-0.39, 0.29) is 5.75 Å². The highest BCUT2D eigenvalue weighted by Crippen LogP contribution is 2.15. The summed E-state index contributed by atoms with van der Waals surface area (Å²) in [5, 5.41) is 0. The summed E-state index contributed by atoms with van der Waals surface area (Å²) in [6.07, 6.45) is 6.65. The van der Waals surface area contributed by atoms with Gasteiger partial charge in [-0.1, -0.05) is 51.2 Å². The van der Waals surface area contributed by atoms with Crippen LogP contribution >= 0.6 is 0 Å². The molecule has 0 aliphatic rings. The Morgan fingerprint density at radius 2 is 1.67 bits per heavy atom. The van der Waals surface area contributed by atoms with Gasteiger partial charge in [0.05, 0.1) is 10.6 Å². The van der Waals surface area contributed by atoms with Gasteiger partial charge < -0.3 is 0 Å². The number of hydrogen-bond donors (Lipinski definition) is 0. The monoisotopic (exact) mass is 268 g/mol. The maximum Gasteiger partial charge on any atom is 0.178 e. The number of sulfone groups is 1. The van der Waals surface area contributed by atoms with Gasteiger partial charge in [0.2, 0.25) is 0 Å². The summed E-state index contributed by atoms with van der Waals surface area (Å²) in [4.78, 5) is 0.469. The zero-order valence-electron chi connectivity index (χ0n) is 11.5. The van der Waals surface area contributed by atoms with Crippen LogP contribution in [0.1, 0.15) is 51.0 Å². The van der Waals surface area contributed by atoms with Crippen molar-refractivity contribution in [2.24, 2.45) is 0 Å². The average Bonchev–Trinajstić information content (AvgIpc) is 2.33. The topological polar surface area (TPSA) is 34.1 Å². The molecule has 0 bridgehead atoms. The van der Waals surface area contributed by atoms with Gasteiger partial charge in [0, 0.05) is 0 Å². The van der Waals surface area contributed by atoms with Crippen LogP contribution in [-0.4, -0.2) is 14.2 Å². The third-order valence-electron chi connectivity index (χ3n) is 3.12. The van der Waals surface area contributed by atoms with Gasteiger partial charge in [-0.05, 0) is 31.0 Å². The van der Waals surface area contributed by atoms with Crippen LogP contribution in [-0.2, 0) is 9.84 Å². The molecule has 0 aliphatic carbocycles. The Hall–Kier alpha value is -0.830. The van der Waals surface area contributed by atoms with Gasteiger partial charge >= 0.3 is 0 Å². The van der Waals surface area contributed by atoms with Gasteiger partial charge in [-0.2, -0.15) is 0 Å². The molecule has 0 fully saturated rings. The van der Waals surface area contributed by atoms with Crippen molar-refractivity contribution in [1.82, 2.24) is 0 Å². The molecule has 0 radical (unpaired) electrons. The summed E-state index contributed by atoms with van der Waals surface area (Å²) in [5.41, 5.74) is 0.999. The van der Waals surface area contributed by atoms with Crippen LogP contribution in [0.15, 0.2) is 29.2 Å². The first-order chi connectivity index (χ1) is 8.56. The molecule has 0 saturated heterocycles. The second-order valence-electron chi connectivity index (χ2n) is 4.90. The van der Waals surface area contributed by atoms with Gasteiger partial charge in [0.1, 0.15) is 0 Å². The fourth-order valence-corrected chi connectivity index (χ4v) is 3.47. The molecule has 0 unspecified atom stereocenters. The standard InChI is InChI=1S/C15H24O2S/c1-3-4-5-6-7-8-12-18(16,17)15-11-9-10-14(2)13-15/h9-11,13H,3-8,12H2,1-2H3. The smallest absolute Gasteiger partial charge is 0.178 e. The van der Waals surface area contributed by atoms with Crippen LogP contribution in [0.5, 0.6) is 0 Å². The third kappa shape index (κ3) is 5.21. The van der Waals surface area contributed by atoms with Gasteiger partial charge in [0.15, 0.2) is 9.84 Å². The molecule has 1 aromatic carbocycles. The molecule has 0 heterocycles. The molecule has 2 nitrogen and oxygen atoms in total. The van der Waals surface area contributed by atoms with Gasteiger partial charge in [-0.15, -0.1) is 0 Å². The Bertz CT molecular complexity index is 449. The van der Waals surface area contributed by atoms with Crippen LogP contribution in [0.2, 0.25) is 0 Å². The van der Waals surface area contributed by atoms with Crippen LogP contribution in [0.25, 0.3) is 0 Å². The first-order valence-corrected chi connectivity index (χ1v) is 8.51. The van der Waals surface area contributed by atoms with E-state index in [0.717, 1.165) is 24.8 Å². The molecule has 0 saturated carbocycles. The summed E-state index contributed by atoms with van der Waals surface area (Å²) >= 11 is 0. The summed E-state index contributed by atoms with van der Waals surface area (Å²) in [7, 11) is -3.08. The fourth-order valence-electron chi connectivity index (χ4n) is 2.00. The number of rotatable bonds is 8. The molecule has 0 amide bonds. The van der Waals surface area contributed by atoms with Gasteiger partial charge in [0.25, 0.3) is 0 Å². The predicted molar refractivity (Wildman–Crippen MR) is 76.6 cm³/mol. The second-order valence-corrected chi connectivity index (χ2v) is 7.01. The molecule has 0 spiro atoms. The minimum atomic E-state index is -3.08. The molecule has 0 aliphatic heterocycles. The first-order valence-electron chi connectivity index (χ1n) is 6.85. The maximum absolute atomic E-state index is 12.1. The molecule has 3 heteroatoms. The van der Waals surface area contributed by atoms with Gasteiger partial charge in [-0.3, -0.25) is 0 Å². The lowest BCUT2D eigenvalue weighted by Crippen LogP contribution is -2.07. The molecular weight excluding hydrogens is 244 g/mol. The lowest BCUT2D eigenvalue weighted by Gasteiger charge is -2.05. The van der Waals surface area contributed by atoms with Crippen molar-refractivity contribution in [3.05, 3.63) is 29.8 Å². The number of benzene rings is 1. The highest BCUT2D eigenvalue weighted by Gasteiger charge is 2.13. The molecule has 1 rings (SSSR count). The highest BCUT2D eigenvalue weighted by molar-refractivity contribution is 7.91. The Kier molecular flexibility index (Phi) is 6.41. The summed E-state index contributed by atoms with van der Waals surface area (Å²) in [6.45, 7) is 4.10. The van der Waals surface area contributed by atoms with E-state index in [0.29, 0.717) is 4.90 Å². The summed E-state index contributed by atoms with van der Waals surface area (Å²) < 4.78 is 24.1. The van der Waals surface area contributed by atoms with E-state index in [1.165, 1.54) is 19.3 Å². The third-order valence-corrected chi connectivity index (χ3v) is 4.91. The summed E-state index contributed by atoms with van der Waals surface area (Å²) in [5.74, 6) is 0.280. The number of unbranched alkanes of at least 4 members (excludes halogenated alkanes) is 5. The Morgan fingerprint density at radius 1 is 1.00 bits per heavy atom. The van der Waals surface area contributed by atoms with Crippen molar-refractivity contribution in [1.29, 1.82) is 0 Å². The maximum atomic E-state index is 12.1. The van der Waals surface area contributed by atoms with E-state index in [2.05, 4.69) is 6.92 Å². The van der Waals surface area contributed by atoms with Crippen molar-refractivity contribution < 1.29 is 8.42 Å². The lowest BCUT2D eigenvalue weighted by molar-refractivity contribution is 0.583. The molecule has 18 heavy (non-hydrogen) atoms. The highest BCUT2D eigenvalue weighted by atomic mass is 32.2. The SMILES string of the molecule is CCCCCCCCS(=O)(=O)c1cccc(C)c1. The number of hydrogen-bond acceptors (Lipinski definition) is 2. The van der Waals surface area contributed by atoms with Crippen molar-refractivity contribution in [3.63, 3.8) is 0 Å². The van der Waals surface area contributed by atoms with Crippen LogP contribution in [0.4, 0.5) is 0 Å². The van der Waals surface area contributed by atoms with Crippen molar-refractivity contribution in [2.75, 3.05) is 5.75 Å². The average molecular weight is 268 g/mol. The van der Waals surface area contributed by atoms with Gasteiger partial charge in [-0.25, -0.2) is 8.42 Å².